The van der Waals surface area contributed by atoms with Crippen molar-refractivity contribution in [3.63, 3.8) is 0 Å². The van der Waals surface area contributed by atoms with E-state index in [0.29, 0.717) is 19.1 Å². The topological polar surface area (TPSA) is 73.7 Å². The molecule has 0 aromatic carbocycles. The molecule has 1 atom stereocenters. The third-order valence-corrected chi connectivity index (χ3v) is 4.35. The Balaban J connectivity index is 1.73. The van der Waals surface area contributed by atoms with Crippen LogP contribution in [0.4, 0.5) is 0 Å². The second-order valence-electron chi connectivity index (χ2n) is 5.64. The van der Waals surface area contributed by atoms with E-state index in [0.717, 1.165) is 19.5 Å². The van der Waals surface area contributed by atoms with E-state index in [-0.39, 0.29) is 17.2 Å². The number of carbonyl (C=O) groups is 2. The standard InChI is InChI=1S/C15H19N3O3/c19-14(13-12(15(20)21)4-3-6-16-13)18-9-5-11(10-18)17-7-1-2-8-17/h3-4,6,11H,1-2,5,7-10H2,(H,20,21). The molecule has 0 saturated carbocycles. The van der Waals surface area contributed by atoms with E-state index >= 15 is 0 Å². The van der Waals surface area contributed by atoms with Crippen molar-refractivity contribution in [2.75, 3.05) is 26.2 Å². The molecule has 1 aromatic heterocycles. The van der Waals surface area contributed by atoms with Gasteiger partial charge in [-0.25, -0.2) is 4.79 Å². The molecule has 1 N–H and O–H groups in total. The average molecular weight is 289 g/mol. The van der Waals surface area contributed by atoms with Crippen LogP contribution in [0.25, 0.3) is 0 Å². The van der Waals surface area contributed by atoms with Gasteiger partial charge in [0.25, 0.3) is 5.91 Å². The van der Waals surface area contributed by atoms with E-state index < -0.39 is 5.97 Å². The third-order valence-electron chi connectivity index (χ3n) is 4.35. The Labute approximate surface area is 123 Å². The fourth-order valence-electron chi connectivity index (χ4n) is 3.23. The molecule has 0 spiro atoms. The molecule has 3 heterocycles. The minimum absolute atomic E-state index is 0.0212. The number of carboxylic acids is 1. The lowest BCUT2D eigenvalue weighted by molar-refractivity contribution is 0.0677. The predicted octanol–water partition coefficient (Wildman–Crippen LogP) is 1.09. The number of aromatic nitrogens is 1. The van der Waals surface area contributed by atoms with Crippen LogP contribution in [-0.4, -0.2) is 64.0 Å². The molecule has 6 nitrogen and oxygen atoms in total. The summed E-state index contributed by atoms with van der Waals surface area (Å²) in [5, 5.41) is 9.16. The summed E-state index contributed by atoms with van der Waals surface area (Å²) >= 11 is 0. The summed E-state index contributed by atoms with van der Waals surface area (Å²) in [4.78, 5) is 31.9. The maximum atomic E-state index is 12.5. The van der Waals surface area contributed by atoms with Crippen LogP contribution in [0.3, 0.4) is 0 Å². The first kappa shape index (κ1) is 14.0. The summed E-state index contributed by atoms with van der Waals surface area (Å²) in [6.07, 6.45) is 4.89. The first-order valence-corrected chi connectivity index (χ1v) is 7.38. The van der Waals surface area contributed by atoms with Crippen LogP contribution >= 0.6 is 0 Å². The fraction of sp³-hybridized carbons (Fsp3) is 0.533. The molecule has 112 valence electrons. The Morgan fingerprint density at radius 1 is 1.24 bits per heavy atom. The van der Waals surface area contributed by atoms with Crippen molar-refractivity contribution in [1.29, 1.82) is 0 Å². The molecular weight excluding hydrogens is 270 g/mol. The lowest BCUT2D eigenvalue weighted by Gasteiger charge is -2.23. The van der Waals surface area contributed by atoms with E-state index in [1.807, 2.05) is 0 Å². The zero-order valence-electron chi connectivity index (χ0n) is 11.9. The van der Waals surface area contributed by atoms with Crippen molar-refractivity contribution in [2.45, 2.75) is 25.3 Å². The minimum Gasteiger partial charge on any atom is -0.478 e. The number of amides is 1. The number of likely N-dealkylation sites (tertiary alicyclic amines) is 2. The van der Waals surface area contributed by atoms with Gasteiger partial charge in [0.1, 0.15) is 5.69 Å². The van der Waals surface area contributed by atoms with Crippen LogP contribution < -0.4 is 0 Å². The fourth-order valence-corrected chi connectivity index (χ4v) is 3.23. The van der Waals surface area contributed by atoms with Crippen LogP contribution in [0.2, 0.25) is 0 Å². The van der Waals surface area contributed by atoms with E-state index in [1.54, 1.807) is 4.90 Å². The Morgan fingerprint density at radius 3 is 2.71 bits per heavy atom. The Kier molecular flexibility index (Phi) is 3.88. The molecule has 2 aliphatic heterocycles. The molecule has 6 heteroatoms. The molecule has 0 aliphatic carbocycles. The van der Waals surface area contributed by atoms with Gasteiger partial charge >= 0.3 is 5.97 Å². The zero-order valence-corrected chi connectivity index (χ0v) is 11.9. The summed E-state index contributed by atoms with van der Waals surface area (Å²) in [7, 11) is 0. The van der Waals surface area contributed by atoms with Crippen LogP contribution in [0.1, 0.15) is 40.1 Å². The first-order valence-electron chi connectivity index (χ1n) is 7.38. The van der Waals surface area contributed by atoms with Crippen LogP contribution in [0, 0.1) is 0 Å². The number of hydrogen-bond donors (Lipinski definition) is 1. The first-order chi connectivity index (χ1) is 10.2. The van der Waals surface area contributed by atoms with Crippen LogP contribution in [0.5, 0.6) is 0 Å². The molecule has 3 rings (SSSR count). The van der Waals surface area contributed by atoms with Gasteiger partial charge in [-0.3, -0.25) is 14.7 Å². The number of pyridine rings is 1. The maximum Gasteiger partial charge on any atom is 0.338 e. The van der Waals surface area contributed by atoms with Crippen molar-refractivity contribution >= 4 is 11.9 Å². The van der Waals surface area contributed by atoms with Gasteiger partial charge in [-0.2, -0.15) is 0 Å². The van der Waals surface area contributed by atoms with Crippen LogP contribution in [-0.2, 0) is 0 Å². The molecule has 0 radical (unpaired) electrons. The molecule has 2 aliphatic rings. The molecule has 0 bridgehead atoms. The number of rotatable bonds is 3. The van der Waals surface area contributed by atoms with Crippen molar-refractivity contribution < 1.29 is 14.7 Å². The van der Waals surface area contributed by atoms with Gasteiger partial charge in [0.2, 0.25) is 0 Å². The van der Waals surface area contributed by atoms with Gasteiger partial charge in [0.15, 0.2) is 0 Å². The lowest BCUT2D eigenvalue weighted by atomic mass is 10.2. The van der Waals surface area contributed by atoms with Gasteiger partial charge in [-0.1, -0.05) is 0 Å². The van der Waals surface area contributed by atoms with Gasteiger partial charge in [0, 0.05) is 25.3 Å². The average Bonchev–Trinajstić information content (AvgIpc) is 3.17. The van der Waals surface area contributed by atoms with Gasteiger partial charge in [-0.15, -0.1) is 0 Å². The van der Waals surface area contributed by atoms with E-state index in [9.17, 15) is 9.59 Å². The summed E-state index contributed by atoms with van der Waals surface area (Å²) in [5.74, 6) is -1.38. The second-order valence-corrected chi connectivity index (χ2v) is 5.64. The number of carbonyl (C=O) groups excluding carboxylic acids is 1. The summed E-state index contributed by atoms with van der Waals surface area (Å²) in [6.45, 7) is 3.57. The van der Waals surface area contributed by atoms with Gasteiger partial charge in [0.05, 0.1) is 5.56 Å². The molecule has 2 fully saturated rings. The van der Waals surface area contributed by atoms with E-state index in [4.69, 9.17) is 5.11 Å². The van der Waals surface area contributed by atoms with E-state index in [1.165, 1.54) is 31.2 Å². The van der Waals surface area contributed by atoms with Gasteiger partial charge in [-0.05, 0) is 44.5 Å². The number of aromatic carboxylic acids is 1. The molecule has 1 aromatic rings. The highest BCUT2D eigenvalue weighted by Crippen LogP contribution is 2.22. The molecule has 21 heavy (non-hydrogen) atoms. The normalized spacial score (nSPS) is 22.7. The van der Waals surface area contributed by atoms with E-state index in [2.05, 4.69) is 9.88 Å². The Hall–Kier alpha value is -1.95. The SMILES string of the molecule is O=C(O)c1cccnc1C(=O)N1CCC(N2CCCC2)C1. The summed E-state index contributed by atoms with van der Waals surface area (Å²) in [5.41, 5.74) is 0.0270. The monoisotopic (exact) mass is 289 g/mol. The van der Waals surface area contributed by atoms with Crippen molar-refractivity contribution in [3.05, 3.63) is 29.6 Å². The van der Waals surface area contributed by atoms with Crippen molar-refractivity contribution in [1.82, 2.24) is 14.8 Å². The van der Waals surface area contributed by atoms with Crippen LogP contribution in [0.15, 0.2) is 18.3 Å². The Bertz CT molecular complexity index is 555. The number of nitrogens with zero attached hydrogens (tertiary/aromatic N) is 3. The summed E-state index contributed by atoms with van der Waals surface area (Å²) in [6, 6.07) is 3.38. The third kappa shape index (κ3) is 2.76. The molecule has 2 saturated heterocycles. The summed E-state index contributed by atoms with van der Waals surface area (Å²) < 4.78 is 0. The quantitative estimate of drug-likeness (QED) is 0.901. The number of hydrogen-bond acceptors (Lipinski definition) is 4. The minimum atomic E-state index is -1.11. The molecular formula is C15H19N3O3. The predicted molar refractivity (Wildman–Crippen MR) is 76.3 cm³/mol. The molecule has 1 unspecified atom stereocenters. The largest absolute Gasteiger partial charge is 0.478 e. The highest BCUT2D eigenvalue weighted by atomic mass is 16.4. The smallest absolute Gasteiger partial charge is 0.338 e. The Morgan fingerprint density at radius 2 is 2.00 bits per heavy atom. The highest BCUT2D eigenvalue weighted by Gasteiger charge is 2.33. The van der Waals surface area contributed by atoms with Crippen molar-refractivity contribution in [2.24, 2.45) is 0 Å². The van der Waals surface area contributed by atoms with Gasteiger partial charge < -0.3 is 10.0 Å². The maximum absolute atomic E-state index is 12.5. The highest BCUT2D eigenvalue weighted by molar-refractivity contribution is 6.03. The molecule has 1 amide bonds. The zero-order chi connectivity index (χ0) is 14.8. The number of carboxylic acid groups (broad SMARTS) is 1. The van der Waals surface area contributed by atoms with Crippen molar-refractivity contribution in [3.8, 4) is 0 Å². The lowest BCUT2D eigenvalue weighted by Crippen LogP contribution is -2.37. The second kappa shape index (κ2) is 5.81.